The molecule has 0 aromatic heterocycles. The molecule has 1 amide bonds. The SMILES string of the molecule is COC(=O)/C=C1/S/C(=N\N=Cc2ccccc2OCC(=O)O)NC1=O. The Kier molecular flexibility index (Phi) is 6.29. The number of carbonyl (C=O) groups excluding carboxylic acids is 2. The lowest BCUT2D eigenvalue weighted by Crippen LogP contribution is -2.19. The van der Waals surface area contributed by atoms with E-state index in [-0.39, 0.29) is 10.1 Å². The molecular weight excluding hydrogens is 350 g/mol. The summed E-state index contributed by atoms with van der Waals surface area (Å²) in [7, 11) is 1.21. The summed E-state index contributed by atoms with van der Waals surface area (Å²) in [6.07, 6.45) is 2.42. The van der Waals surface area contributed by atoms with Gasteiger partial charge in [-0.15, -0.1) is 5.10 Å². The molecule has 0 saturated carbocycles. The zero-order chi connectivity index (χ0) is 18.2. The van der Waals surface area contributed by atoms with Gasteiger partial charge < -0.3 is 14.6 Å². The molecule has 1 aromatic rings. The first-order valence-corrected chi connectivity index (χ1v) is 7.64. The van der Waals surface area contributed by atoms with E-state index in [2.05, 4.69) is 20.3 Å². The Bertz CT molecular complexity index is 787. The van der Waals surface area contributed by atoms with Crippen LogP contribution >= 0.6 is 11.8 Å². The van der Waals surface area contributed by atoms with Gasteiger partial charge >= 0.3 is 11.9 Å². The number of para-hydroxylation sites is 1. The number of esters is 1. The molecule has 2 rings (SSSR count). The molecular formula is C15H13N3O6S. The van der Waals surface area contributed by atoms with E-state index in [0.29, 0.717) is 11.3 Å². The molecule has 9 nitrogen and oxygen atoms in total. The normalized spacial score (nSPS) is 17.1. The highest BCUT2D eigenvalue weighted by molar-refractivity contribution is 8.18. The molecule has 1 aliphatic rings. The van der Waals surface area contributed by atoms with Crippen LogP contribution in [0.3, 0.4) is 0 Å². The maximum absolute atomic E-state index is 11.7. The van der Waals surface area contributed by atoms with Crippen molar-refractivity contribution in [3.8, 4) is 5.75 Å². The van der Waals surface area contributed by atoms with Crippen molar-refractivity contribution in [2.75, 3.05) is 13.7 Å². The van der Waals surface area contributed by atoms with Gasteiger partial charge in [0.1, 0.15) is 5.75 Å². The summed E-state index contributed by atoms with van der Waals surface area (Å²) < 4.78 is 9.59. The number of hydrogen-bond acceptors (Lipinski definition) is 8. The first-order valence-electron chi connectivity index (χ1n) is 6.83. The highest BCUT2D eigenvalue weighted by Crippen LogP contribution is 2.23. The summed E-state index contributed by atoms with van der Waals surface area (Å²) in [5.74, 6) is -1.88. The second-order valence-corrected chi connectivity index (χ2v) is 5.49. The number of amidine groups is 1. The summed E-state index contributed by atoms with van der Waals surface area (Å²) in [5, 5.41) is 19.0. The molecule has 1 heterocycles. The fraction of sp³-hybridized carbons (Fsp3) is 0.133. The first-order chi connectivity index (χ1) is 12.0. The highest BCUT2D eigenvalue weighted by atomic mass is 32.2. The molecule has 0 unspecified atom stereocenters. The quantitative estimate of drug-likeness (QED) is 0.331. The van der Waals surface area contributed by atoms with Crippen molar-refractivity contribution in [2.24, 2.45) is 10.2 Å². The van der Waals surface area contributed by atoms with Crippen LogP contribution in [-0.4, -0.2) is 48.1 Å². The van der Waals surface area contributed by atoms with Gasteiger partial charge in [0.15, 0.2) is 11.8 Å². The van der Waals surface area contributed by atoms with Crippen molar-refractivity contribution < 1.29 is 29.0 Å². The molecule has 0 spiro atoms. The number of carboxylic acids is 1. The zero-order valence-electron chi connectivity index (χ0n) is 13.0. The molecule has 1 aliphatic heterocycles. The number of methoxy groups -OCH3 is 1. The Labute approximate surface area is 146 Å². The van der Waals surface area contributed by atoms with E-state index in [4.69, 9.17) is 9.84 Å². The van der Waals surface area contributed by atoms with Crippen LogP contribution in [0.25, 0.3) is 0 Å². The molecule has 0 aliphatic carbocycles. The smallest absolute Gasteiger partial charge is 0.341 e. The lowest BCUT2D eigenvalue weighted by atomic mass is 10.2. The number of carboxylic acid groups (broad SMARTS) is 1. The third kappa shape index (κ3) is 5.46. The van der Waals surface area contributed by atoms with Gasteiger partial charge in [0, 0.05) is 11.6 Å². The van der Waals surface area contributed by atoms with Crippen molar-refractivity contribution in [3.05, 3.63) is 40.8 Å². The van der Waals surface area contributed by atoms with Crippen LogP contribution < -0.4 is 10.1 Å². The Morgan fingerprint density at radius 1 is 1.36 bits per heavy atom. The van der Waals surface area contributed by atoms with Gasteiger partial charge in [0.05, 0.1) is 18.2 Å². The average Bonchev–Trinajstić information content (AvgIpc) is 2.93. The summed E-state index contributed by atoms with van der Waals surface area (Å²) in [6, 6.07) is 6.69. The second kappa shape index (κ2) is 8.64. The number of ether oxygens (including phenoxy) is 2. The lowest BCUT2D eigenvalue weighted by Gasteiger charge is -2.05. The maximum Gasteiger partial charge on any atom is 0.341 e. The predicted molar refractivity (Wildman–Crippen MR) is 90.4 cm³/mol. The average molecular weight is 363 g/mol. The van der Waals surface area contributed by atoms with Crippen LogP contribution in [0.1, 0.15) is 5.56 Å². The number of hydrogen-bond donors (Lipinski definition) is 2. The number of thioether (sulfide) groups is 1. The van der Waals surface area contributed by atoms with Crippen LogP contribution in [0.15, 0.2) is 45.4 Å². The van der Waals surface area contributed by atoms with Crippen molar-refractivity contribution in [1.82, 2.24) is 5.32 Å². The third-order valence-corrected chi connectivity index (χ3v) is 3.62. The lowest BCUT2D eigenvalue weighted by molar-refractivity contribution is -0.139. The van der Waals surface area contributed by atoms with Gasteiger partial charge in [-0.3, -0.25) is 10.1 Å². The Morgan fingerprint density at radius 3 is 2.84 bits per heavy atom. The Balaban J connectivity index is 2.07. The number of benzene rings is 1. The van der Waals surface area contributed by atoms with Gasteiger partial charge in [-0.25, -0.2) is 9.59 Å². The van der Waals surface area contributed by atoms with Gasteiger partial charge in [-0.05, 0) is 23.9 Å². The number of carbonyl (C=O) groups is 3. The molecule has 130 valence electrons. The van der Waals surface area contributed by atoms with E-state index >= 15 is 0 Å². The van der Waals surface area contributed by atoms with Crippen LogP contribution in [0.5, 0.6) is 5.75 Å². The minimum absolute atomic E-state index is 0.144. The molecule has 0 atom stereocenters. The first kappa shape index (κ1) is 18.2. The molecule has 0 bridgehead atoms. The molecule has 10 heteroatoms. The van der Waals surface area contributed by atoms with Gasteiger partial charge in [-0.1, -0.05) is 12.1 Å². The minimum atomic E-state index is -1.10. The third-order valence-electron chi connectivity index (χ3n) is 2.72. The predicted octanol–water partition coefficient (Wildman–Crippen LogP) is 0.760. The molecule has 1 saturated heterocycles. The van der Waals surface area contributed by atoms with Crippen LogP contribution in [0.4, 0.5) is 0 Å². The number of nitrogens with one attached hydrogen (secondary N) is 1. The van der Waals surface area contributed by atoms with Crippen molar-refractivity contribution >= 4 is 41.0 Å². The van der Waals surface area contributed by atoms with Gasteiger partial charge in [-0.2, -0.15) is 5.10 Å². The van der Waals surface area contributed by atoms with Gasteiger partial charge in [0.25, 0.3) is 5.91 Å². The molecule has 25 heavy (non-hydrogen) atoms. The zero-order valence-corrected chi connectivity index (χ0v) is 13.8. The summed E-state index contributed by atoms with van der Waals surface area (Å²) in [5.41, 5.74) is 0.521. The number of nitrogens with zero attached hydrogens (tertiary/aromatic N) is 2. The van der Waals surface area contributed by atoms with E-state index in [1.165, 1.54) is 13.3 Å². The van der Waals surface area contributed by atoms with E-state index in [1.807, 2.05) is 0 Å². The monoisotopic (exact) mass is 363 g/mol. The summed E-state index contributed by atoms with van der Waals surface area (Å²) in [4.78, 5) is 33.5. The molecule has 1 fully saturated rings. The number of amides is 1. The Hall–Kier alpha value is -3.14. The van der Waals surface area contributed by atoms with Crippen LogP contribution in [0, 0.1) is 0 Å². The van der Waals surface area contributed by atoms with Crippen molar-refractivity contribution in [3.63, 3.8) is 0 Å². The Morgan fingerprint density at radius 2 is 2.12 bits per heavy atom. The maximum atomic E-state index is 11.7. The summed E-state index contributed by atoms with van der Waals surface area (Å²) >= 11 is 0.943. The number of aliphatic carboxylic acids is 1. The molecule has 1 aromatic carbocycles. The topological polar surface area (TPSA) is 127 Å². The van der Waals surface area contributed by atoms with E-state index in [9.17, 15) is 14.4 Å². The standard InChI is InChI=1S/C15H13N3O6S/c1-23-13(21)6-11-14(22)17-15(25-11)18-16-7-9-4-2-3-5-10(9)24-8-12(19)20/h2-7H,8H2,1H3,(H,19,20)(H,17,18,22)/b11-6+,16-7?. The highest BCUT2D eigenvalue weighted by Gasteiger charge is 2.24. The van der Waals surface area contributed by atoms with Crippen LogP contribution in [0.2, 0.25) is 0 Å². The van der Waals surface area contributed by atoms with E-state index < -0.39 is 24.5 Å². The van der Waals surface area contributed by atoms with E-state index in [0.717, 1.165) is 17.8 Å². The minimum Gasteiger partial charge on any atom is -0.481 e. The van der Waals surface area contributed by atoms with Crippen LogP contribution in [-0.2, 0) is 19.1 Å². The molecule has 2 N–H and O–H groups in total. The van der Waals surface area contributed by atoms with Crippen molar-refractivity contribution in [2.45, 2.75) is 0 Å². The second-order valence-electron chi connectivity index (χ2n) is 4.46. The fourth-order valence-corrected chi connectivity index (χ4v) is 2.38. The summed E-state index contributed by atoms with van der Waals surface area (Å²) in [6.45, 7) is -0.479. The number of rotatable bonds is 6. The fourth-order valence-electron chi connectivity index (χ4n) is 1.64. The molecule has 0 radical (unpaired) electrons. The van der Waals surface area contributed by atoms with Gasteiger partial charge in [0.2, 0.25) is 0 Å². The largest absolute Gasteiger partial charge is 0.481 e. The van der Waals surface area contributed by atoms with E-state index in [1.54, 1.807) is 24.3 Å². The van der Waals surface area contributed by atoms with Crippen molar-refractivity contribution in [1.29, 1.82) is 0 Å².